The van der Waals surface area contributed by atoms with Gasteiger partial charge in [-0.3, -0.25) is 9.98 Å². The Hall–Kier alpha value is -1.48. The molecule has 1 aliphatic rings. The number of halogens is 2. The third kappa shape index (κ3) is 2.92. The summed E-state index contributed by atoms with van der Waals surface area (Å²) in [7, 11) is -4.24. The van der Waals surface area contributed by atoms with Gasteiger partial charge in [0.2, 0.25) is 0 Å². The van der Waals surface area contributed by atoms with Gasteiger partial charge in [-0.2, -0.15) is 8.42 Å². The van der Waals surface area contributed by atoms with E-state index in [0.29, 0.717) is 5.56 Å². The molecule has 7 nitrogen and oxygen atoms in total. The Balaban J connectivity index is 2.43. The van der Waals surface area contributed by atoms with Crippen LogP contribution in [0.1, 0.15) is 5.56 Å². The lowest BCUT2D eigenvalue weighted by molar-refractivity contribution is 0.402. The average molecular weight is 323 g/mol. The molecule has 0 aliphatic carbocycles. The molecule has 2 rings (SSSR count). The summed E-state index contributed by atoms with van der Waals surface area (Å²) in [5.41, 5.74) is 9.14. The summed E-state index contributed by atoms with van der Waals surface area (Å²) in [5.74, 6) is 0. The van der Waals surface area contributed by atoms with Gasteiger partial charge in [0.05, 0.1) is 22.4 Å². The minimum Gasteiger partial charge on any atom is -0.394 e. The zero-order valence-electron chi connectivity index (χ0n) is 9.21. The lowest BCUT2D eigenvalue weighted by Gasteiger charge is -2.21. The van der Waals surface area contributed by atoms with Crippen molar-refractivity contribution in [2.45, 2.75) is 4.90 Å². The van der Waals surface area contributed by atoms with Crippen molar-refractivity contribution in [3.63, 3.8) is 0 Å². The smallest absolute Gasteiger partial charge is 0.294 e. The molecule has 1 aromatic rings. The fourth-order valence-corrected chi connectivity index (χ4v) is 2.26. The van der Waals surface area contributed by atoms with Gasteiger partial charge in [0.15, 0.2) is 0 Å². The number of hydrazone groups is 1. The van der Waals surface area contributed by atoms with E-state index >= 15 is 0 Å². The number of nitrogens with two attached hydrogens (primary N) is 1. The average Bonchev–Trinajstić information content (AvgIpc) is 2.33. The third-order valence-corrected chi connectivity index (χ3v) is 3.61. The van der Waals surface area contributed by atoms with Crippen LogP contribution in [0.15, 0.2) is 45.1 Å². The van der Waals surface area contributed by atoms with Gasteiger partial charge < -0.3 is 5.73 Å². The maximum absolute atomic E-state index is 10.9. The highest BCUT2D eigenvalue weighted by Gasteiger charge is 2.19. The largest absolute Gasteiger partial charge is 0.394 e. The quantitative estimate of drug-likeness (QED) is 0.425. The van der Waals surface area contributed by atoms with Crippen LogP contribution in [-0.4, -0.2) is 23.3 Å². The van der Waals surface area contributed by atoms with Crippen molar-refractivity contribution >= 4 is 39.2 Å². The monoisotopic (exact) mass is 322 g/mol. The van der Waals surface area contributed by atoms with E-state index in [1.165, 1.54) is 24.3 Å². The normalized spacial score (nSPS) is 16.2. The Morgan fingerprint density at radius 1 is 1.32 bits per heavy atom. The van der Waals surface area contributed by atoms with Crippen LogP contribution in [0, 0.1) is 0 Å². The first-order chi connectivity index (χ1) is 8.79. The lowest BCUT2D eigenvalue weighted by Crippen LogP contribution is -2.34. The van der Waals surface area contributed by atoms with Crippen molar-refractivity contribution in [3.8, 4) is 0 Å². The second-order valence-electron chi connectivity index (χ2n) is 3.55. The molecule has 102 valence electrons. The molecule has 0 radical (unpaired) electrons. The Morgan fingerprint density at radius 2 is 1.89 bits per heavy atom. The Morgan fingerprint density at radius 3 is 2.42 bits per heavy atom. The lowest BCUT2D eigenvalue weighted by atomic mass is 10.1. The molecule has 0 saturated carbocycles. The summed E-state index contributed by atoms with van der Waals surface area (Å²) in [6.07, 6.45) is 0. The first kappa shape index (κ1) is 13.9. The number of nitrogens with one attached hydrogen (secondary N) is 1. The summed E-state index contributed by atoms with van der Waals surface area (Å²) in [4.78, 5) is -0.234. The van der Waals surface area contributed by atoms with Gasteiger partial charge in [0.25, 0.3) is 10.1 Å². The molecule has 0 spiro atoms. The molecule has 4 N–H and O–H groups in total. The zero-order chi connectivity index (χ0) is 14.2. The van der Waals surface area contributed by atoms with E-state index in [1.807, 2.05) is 0 Å². The Labute approximate surface area is 119 Å². The van der Waals surface area contributed by atoms with Crippen LogP contribution in [-0.2, 0) is 10.1 Å². The highest BCUT2D eigenvalue weighted by Crippen LogP contribution is 2.19. The van der Waals surface area contributed by atoms with Crippen molar-refractivity contribution in [1.82, 2.24) is 10.1 Å². The number of hydrogen-bond acceptors (Lipinski definition) is 6. The van der Waals surface area contributed by atoms with E-state index in [2.05, 4.69) is 10.5 Å². The van der Waals surface area contributed by atoms with Crippen molar-refractivity contribution in [1.29, 1.82) is 0 Å². The third-order valence-electron chi connectivity index (χ3n) is 2.30. The van der Waals surface area contributed by atoms with Gasteiger partial charge in [-0.25, -0.2) is 0 Å². The summed E-state index contributed by atoms with van der Waals surface area (Å²) in [6.45, 7) is 0. The molecule has 0 bridgehead atoms. The van der Waals surface area contributed by atoms with E-state index in [0.717, 1.165) is 4.64 Å². The molecule has 1 aromatic carbocycles. The number of benzene rings is 1. The molecule has 0 aromatic heterocycles. The zero-order valence-corrected chi connectivity index (χ0v) is 11.5. The maximum Gasteiger partial charge on any atom is 0.294 e. The topological polar surface area (TPSA) is 108 Å². The molecule has 0 amide bonds. The van der Waals surface area contributed by atoms with Crippen LogP contribution in [0.4, 0.5) is 0 Å². The molecular formula is C9H8Cl2N4O3S. The minimum absolute atomic E-state index is 0.0962. The molecule has 1 aliphatic heterocycles. The fourth-order valence-electron chi connectivity index (χ4n) is 1.41. The number of allylic oxidation sites excluding steroid dienone is 1. The van der Waals surface area contributed by atoms with Gasteiger partial charge in [-0.05, 0) is 12.1 Å². The van der Waals surface area contributed by atoms with Crippen LogP contribution in [0.25, 0.3) is 0 Å². The molecule has 10 heteroatoms. The maximum atomic E-state index is 10.9. The predicted octanol–water partition coefficient (Wildman–Crippen LogP) is 0.978. The number of rotatable bonds is 2. The molecule has 0 fully saturated rings. The van der Waals surface area contributed by atoms with Gasteiger partial charge in [0, 0.05) is 5.56 Å². The fraction of sp³-hybridized carbons (Fsp3) is 0. The summed E-state index contributed by atoms with van der Waals surface area (Å²) in [6, 6.07) is 5.29. The number of hydrazine groups is 1. The van der Waals surface area contributed by atoms with Crippen molar-refractivity contribution in [2.24, 2.45) is 10.8 Å². The van der Waals surface area contributed by atoms with E-state index in [-0.39, 0.29) is 21.5 Å². The standard InChI is InChI=1S/C9H8Cl2N4O3S/c10-9-7(12)8(13-15(11)14-9)5-1-3-6(4-2-5)19(16,17)18/h1-4,14H,12H2,(H,16,17,18). The Bertz CT molecular complexity index is 669. The SMILES string of the molecule is NC1=C(Cl)NN(Cl)N=C1c1ccc(S(=O)(=O)O)cc1. The van der Waals surface area contributed by atoms with Crippen LogP contribution in [0.5, 0.6) is 0 Å². The van der Waals surface area contributed by atoms with Crippen LogP contribution in [0.2, 0.25) is 0 Å². The van der Waals surface area contributed by atoms with Crippen LogP contribution < -0.4 is 11.2 Å². The minimum atomic E-state index is -4.24. The van der Waals surface area contributed by atoms with Crippen LogP contribution in [0.3, 0.4) is 0 Å². The number of nitrogens with zero attached hydrogens (tertiary/aromatic N) is 2. The van der Waals surface area contributed by atoms with Crippen molar-refractivity contribution in [2.75, 3.05) is 0 Å². The van der Waals surface area contributed by atoms with E-state index in [4.69, 9.17) is 33.7 Å². The van der Waals surface area contributed by atoms with Gasteiger partial charge in [-0.15, -0.1) is 9.74 Å². The molecular weight excluding hydrogens is 315 g/mol. The van der Waals surface area contributed by atoms with Gasteiger partial charge >= 0.3 is 0 Å². The first-order valence-electron chi connectivity index (χ1n) is 4.84. The second-order valence-corrected chi connectivity index (χ2v) is 5.67. The summed E-state index contributed by atoms with van der Waals surface area (Å²) in [5, 5.41) is 4.00. The van der Waals surface area contributed by atoms with Crippen LogP contribution >= 0.6 is 23.4 Å². The van der Waals surface area contributed by atoms with Gasteiger partial charge in [-0.1, -0.05) is 23.7 Å². The predicted molar refractivity (Wildman–Crippen MR) is 70.7 cm³/mol. The second kappa shape index (κ2) is 4.89. The summed E-state index contributed by atoms with van der Waals surface area (Å²) < 4.78 is 31.6. The molecule has 1 heterocycles. The van der Waals surface area contributed by atoms with Crippen molar-refractivity contribution < 1.29 is 13.0 Å². The highest BCUT2D eigenvalue weighted by molar-refractivity contribution is 7.85. The van der Waals surface area contributed by atoms with E-state index < -0.39 is 10.1 Å². The van der Waals surface area contributed by atoms with Crippen molar-refractivity contribution in [3.05, 3.63) is 40.7 Å². The molecule has 0 saturated heterocycles. The highest BCUT2D eigenvalue weighted by atomic mass is 35.5. The van der Waals surface area contributed by atoms with E-state index in [1.54, 1.807) is 0 Å². The molecule has 0 unspecified atom stereocenters. The molecule has 19 heavy (non-hydrogen) atoms. The summed E-state index contributed by atoms with van der Waals surface area (Å²) >= 11 is 11.5. The first-order valence-corrected chi connectivity index (χ1v) is 6.99. The molecule has 0 atom stereocenters. The van der Waals surface area contributed by atoms with Gasteiger partial charge in [0.1, 0.15) is 10.9 Å². The number of hydrogen-bond donors (Lipinski definition) is 3. The Kier molecular flexibility index (Phi) is 3.59. The van der Waals surface area contributed by atoms with E-state index in [9.17, 15) is 8.42 Å².